The molecule has 78 valence electrons. The highest BCUT2D eigenvalue weighted by Gasteiger charge is 2.06. The predicted molar refractivity (Wildman–Crippen MR) is 57.0 cm³/mol. The van der Waals surface area contributed by atoms with Crippen molar-refractivity contribution in [1.82, 2.24) is 9.78 Å². The highest BCUT2D eigenvalue weighted by Crippen LogP contribution is 2.16. The van der Waals surface area contributed by atoms with Gasteiger partial charge in [0.25, 0.3) is 0 Å². The lowest BCUT2D eigenvalue weighted by Gasteiger charge is -2.00. The summed E-state index contributed by atoms with van der Waals surface area (Å²) in [5.74, 6) is -0.903. The summed E-state index contributed by atoms with van der Waals surface area (Å²) in [6.07, 6.45) is 2.72. The monoisotopic (exact) mass is 204 g/mol. The summed E-state index contributed by atoms with van der Waals surface area (Å²) < 4.78 is 1.89. The molecule has 0 atom stereocenters. The zero-order valence-corrected chi connectivity index (χ0v) is 8.47. The normalized spacial score (nSPS) is 10.7. The summed E-state index contributed by atoms with van der Waals surface area (Å²) in [7, 11) is 0. The van der Waals surface area contributed by atoms with Gasteiger partial charge in [-0.3, -0.25) is 4.68 Å². The Hall–Kier alpha value is -1.84. The van der Waals surface area contributed by atoms with Crippen LogP contribution in [0.5, 0.6) is 0 Å². The number of fused-ring (bicyclic) bond motifs is 1. The van der Waals surface area contributed by atoms with Gasteiger partial charge in [-0.25, -0.2) is 4.79 Å². The van der Waals surface area contributed by atoms with Crippen LogP contribution in [0.1, 0.15) is 23.7 Å². The lowest BCUT2D eigenvalue weighted by molar-refractivity contribution is 0.0697. The molecule has 0 aliphatic rings. The molecule has 0 fully saturated rings. The predicted octanol–water partition coefficient (Wildman–Crippen LogP) is 2.14. The summed E-state index contributed by atoms with van der Waals surface area (Å²) in [6, 6.07) is 5.07. The molecule has 0 saturated heterocycles. The van der Waals surface area contributed by atoms with E-state index in [4.69, 9.17) is 5.11 Å². The minimum Gasteiger partial charge on any atom is -0.478 e. The molecule has 15 heavy (non-hydrogen) atoms. The van der Waals surface area contributed by atoms with Crippen molar-refractivity contribution >= 4 is 16.9 Å². The number of hydrogen-bond acceptors (Lipinski definition) is 2. The second kappa shape index (κ2) is 3.73. The highest BCUT2D eigenvalue weighted by molar-refractivity contribution is 5.93. The number of benzene rings is 1. The van der Waals surface area contributed by atoms with Crippen molar-refractivity contribution in [1.29, 1.82) is 0 Å². The second-order valence-corrected chi connectivity index (χ2v) is 3.45. The molecule has 1 aromatic carbocycles. The van der Waals surface area contributed by atoms with E-state index in [1.807, 2.05) is 4.68 Å². The summed E-state index contributed by atoms with van der Waals surface area (Å²) >= 11 is 0. The third-order valence-electron chi connectivity index (χ3n) is 2.32. The van der Waals surface area contributed by atoms with Crippen LogP contribution in [-0.4, -0.2) is 20.9 Å². The number of carboxylic acid groups (broad SMARTS) is 1. The first-order chi connectivity index (χ1) is 7.22. The topological polar surface area (TPSA) is 55.1 Å². The van der Waals surface area contributed by atoms with Gasteiger partial charge in [0.15, 0.2) is 0 Å². The molecule has 1 heterocycles. The molecule has 1 aromatic heterocycles. The minimum atomic E-state index is -0.903. The van der Waals surface area contributed by atoms with Crippen molar-refractivity contribution in [2.45, 2.75) is 19.9 Å². The van der Waals surface area contributed by atoms with Crippen LogP contribution >= 0.6 is 0 Å². The number of rotatable bonds is 3. The highest BCUT2D eigenvalue weighted by atomic mass is 16.4. The molecule has 2 rings (SSSR count). The van der Waals surface area contributed by atoms with Gasteiger partial charge in [-0.05, 0) is 24.6 Å². The zero-order chi connectivity index (χ0) is 10.8. The van der Waals surface area contributed by atoms with Crippen LogP contribution in [0.2, 0.25) is 0 Å². The van der Waals surface area contributed by atoms with Gasteiger partial charge >= 0.3 is 5.97 Å². The average Bonchev–Trinajstić information content (AvgIpc) is 2.61. The number of hydrogen-bond donors (Lipinski definition) is 1. The smallest absolute Gasteiger partial charge is 0.335 e. The standard InChI is InChI=1S/C11H12N2O2/c1-2-5-13-10-4-3-8(11(14)15)6-9(10)7-12-13/h3-4,6-7H,2,5H2,1H3,(H,14,15). The van der Waals surface area contributed by atoms with E-state index in [0.29, 0.717) is 5.56 Å². The van der Waals surface area contributed by atoms with Crippen molar-refractivity contribution < 1.29 is 9.90 Å². The maximum atomic E-state index is 10.7. The number of aromatic nitrogens is 2. The summed E-state index contributed by atoms with van der Waals surface area (Å²) in [6.45, 7) is 2.94. The van der Waals surface area contributed by atoms with Gasteiger partial charge in [-0.15, -0.1) is 0 Å². The van der Waals surface area contributed by atoms with E-state index in [9.17, 15) is 4.79 Å². The molecule has 0 unspecified atom stereocenters. The Bertz CT molecular complexity index is 502. The Morgan fingerprint density at radius 1 is 1.53 bits per heavy atom. The molecule has 2 aromatic rings. The van der Waals surface area contributed by atoms with E-state index in [0.717, 1.165) is 23.9 Å². The Morgan fingerprint density at radius 3 is 3.00 bits per heavy atom. The van der Waals surface area contributed by atoms with E-state index < -0.39 is 5.97 Å². The van der Waals surface area contributed by atoms with Crippen molar-refractivity contribution in [2.24, 2.45) is 0 Å². The Morgan fingerprint density at radius 2 is 2.33 bits per heavy atom. The van der Waals surface area contributed by atoms with E-state index in [1.165, 1.54) is 0 Å². The molecule has 0 bridgehead atoms. The fraction of sp³-hybridized carbons (Fsp3) is 0.273. The largest absolute Gasteiger partial charge is 0.478 e. The van der Waals surface area contributed by atoms with Gasteiger partial charge in [0.1, 0.15) is 0 Å². The zero-order valence-electron chi connectivity index (χ0n) is 8.47. The molecule has 0 amide bonds. The Labute approximate surface area is 87.1 Å². The Balaban J connectivity index is 2.51. The maximum absolute atomic E-state index is 10.7. The molecule has 0 aliphatic heterocycles. The first kappa shape index (κ1) is 9.71. The van der Waals surface area contributed by atoms with Crippen molar-refractivity contribution in [3.05, 3.63) is 30.0 Å². The number of carboxylic acids is 1. The molecule has 1 N–H and O–H groups in total. The van der Waals surface area contributed by atoms with Crippen LogP contribution < -0.4 is 0 Å². The van der Waals surface area contributed by atoms with Crippen LogP contribution in [0, 0.1) is 0 Å². The van der Waals surface area contributed by atoms with E-state index >= 15 is 0 Å². The SMILES string of the molecule is CCCn1ncc2cc(C(=O)O)ccc21. The first-order valence-corrected chi connectivity index (χ1v) is 4.91. The van der Waals surface area contributed by atoms with Gasteiger partial charge < -0.3 is 5.11 Å². The molecular weight excluding hydrogens is 192 g/mol. The lowest BCUT2D eigenvalue weighted by Crippen LogP contribution is -1.99. The van der Waals surface area contributed by atoms with Crippen LogP contribution in [-0.2, 0) is 6.54 Å². The first-order valence-electron chi connectivity index (χ1n) is 4.91. The van der Waals surface area contributed by atoms with Gasteiger partial charge in [0.2, 0.25) is 0 Å². The molecular formula is C11H12N2O2. The number of aryl methyl sites for hydroxylation is 1. The fourth-order valence-electron chi connectivity index (χ4n) is 1.61. The van der Waals surface area contributed by atoms with Gasteiger partial charge in [0.05, 0.1) is 17.3 Å². The third-order valence-corrected chi connectivity index (χ3v) is 2.32. The number of nitrogens with zero attached hydrogens (tertiary/aromatic N) is 2. The van der Waals surface area contributed by atoms with Gasteiger partial charge in [-0.2, -0.15) is 5.10 Å². The lowest BCUT2D eigenvalue weighted by atomic mass is 10.1. The van der Waals surface area contributed by atoms with Gasteiger partial charge in [0, 0.05) is 11.9 Å². The van der Waals surface area contributed by atoms with E-state index in [2.05, 4.69) is 12.0 Å². The second-order valence-electron chi connectivity index (χ2n) is 3.45. The van der Waals surface area contributed by atoms with Crippen LogP contribution in [0.3, 0.4) is 0 Å². The summed E-state index contributed by atoms with van der Waals surface area (Å²) in [4.78, 5) is 10.7. The van der Waals surface area contributed by atoms with Crippen molar-refractivity contribution in [3.8, 4) is 0 Å². The molecule has 4 heteroatoms. The average molecular weight is 204 g/mol. The maximum Gasteiger partial charge on any atom is 0.335 e. The third kappa shape index (κ3) is 1.70. The molecule has 0 saturated carbocycles. The van der Waals surface area contributed by atoms with Crippen molar-refractivity contribution in [3.63, 3.8) is 0 Å². The molecule has 0 radical (unpaired) electrons. The van der Waals surface area contributed by atoms with Crippen LogP contribution in [0.4, 0.5) is 0 Å². The Kier molecular flexibility index (Phi) is 2.41. The summed E-state index contributed by atoms with van der Waals surface area (Å²) in [5, 5.41) is 13.9. The fourth-order valence-corrected chi connectivity index (χ4v) is 1.61. The van der Waals surface area contributed by atoms with Crippen LogP contribution in [0.25, 0.3) is 10.9 Å². The van der Waals surface area contributed by atoms with E-state index in [1.54, 1.807) is 24.4 Å². The summed E-state index contributed by atoms with van der Waals surface area (Å²) in [5.41, 5.74) is 1.29. The van der Waals surface area contributed by atoms with Crippen molar-refractivity contribution in [2.75, 3.05) is 0 Å². The van der Waals surface area contributed by atoms with Crippen LogP contribution in [0.15, 0.2) is 24.4 Å². The van der Waals surface area contributed by atoms with Gasteiger partial charge in [-0.1, -0.05) is 6.92 Å². The number of carbonyl (C=O) groups is 1. The molecule has 0 spiro atoms. The van der Waals surface area contributed by atoms with E-state index in [-0.39, 0.29) is 0 Å². The minimum absolute atomic E-state index is 0.304. The number of aromatic carboxylic acids is 1. The quantitative estimate of drug-likeness (QED) is 0.833. The molecule has 4 nitrogen and oxygen atoms in total. The molecule has 0 aliphatic carbocycles.